The van der Waals surface area contributed by atoms with Gasteiger partial charge in [0.15, 0.2) is 5.96 Å². The molecular formula is C19H34IN7O. The van der Waals surface area contributed by atoms with Gasteiger partial charge in [0, 0.05) is 52.6 Å². The molecule has 0 bridgehead atoms. The van der Waals surface area contributed by atoms with Crippen molar-refractivity contribution in [2.75, 3.05) is 33.2 Å². The molecule has 0 spiro atoms. The lowest BCUT2D eigenvalue weighted by Gasteiger charge is -2.34. The standard InChI is InChI=1S/C19H33N7O.HI/c1-4-21-19(25-9-7-15(8-10-25)11-18(27)20-3)22-12-16-5-6-17-24-23-14(2)26(17)13-16;/h15-16H,4-13H2,1-3H3,(H,20,27)(H,21,22);1H. The number of hydrogen-bond donors (Lipinski definition) is 2. The number of guanidine groups is 1. The number of aryl methyl sites for hydroxylation is 2. The molecule has 28 heavy (non-hydrogen) atoms. The van der Waals surface area contributed by atoms with Crippen LogP contribution in [0.3, 0.4) is 0 Å². The van der Waals surface area contributed by atoms with Crippen LogP contribution in [0.2, 0.25) is 0 Å². The first-order chi connectivity index (χ1) is 13.1. The van der Waals surface area contributed by atoms with E-state index in [0.29, 0.717) is 18.3 Å². The molecule has 3 heterocycles. The lowest BCUT2D eigenvalue weighted by molar-refractivity contribution is -0.121. The Kier molecular flexibility index (Phi) is 8.97. The van der Waals surface area contributed by atoms with Crippen molar-refractivity contribution in [2.45, 2.75) is 52.5 Å². The summed E-state index contributed by atoms with van der Waals surface area (Å²) in [5.41, 5.74) is 0. The molecule has 0 aliphatic carbocycles. The van der Waals surface area contributed by atoms with Gasteiger partial charge in [0.25, 0.3) is 0 Å². The Morgan fingerprint density at radius 1 is 1.21 bits per heavy atom. The van der Waals surface area contributed by atoms with Crippen LogP contribution in [0.4, 0.5) is 0 Å². The number of aliphatic imine (C=N–C) groups is 1. The van der Waals surface area contributed by atoms with Crippen LogP contribution in [0, 0.1) is 18.8 Å². The minimum atomic E-state index is 0. The molecule has 2 aliphatic rings. The predicted octanol–water partition coefficient (Wildman–Crippen LogP) is 1.58. The van der Waals surface area contributed by atoms with Crippen LogP contribution in [-0.4, -0.2) is 64.8 Å². The number of piperidine rings is 1. The molecule has 0 saturated carbocycles. The van der Waals surface area contributed by atoms with Crippen LogP contribution < -0.4 is 10.6 Å². The summed E-state index contributed by atoms with van der Waals surface area (Å²) in [5.74, 6) is 4.29. The molecule has 1 aromatic heterocycles. The van der Waals surface area contributed by atoms with Gasteiger partial charge in [0.1, 0.15) is 11.6 Å². The Balaban J connectivity index is 0.00000280. The first-order valence-electron chi connectivity index (χ1n) is 10.2. The van der Waals surface area contributed by atoms with Crippen LogP contribution in [-0.2, 0) is 17.8 Å². The predicted molar refractivity (Wildman–Crippen MR) is 121 cm³/mol. The Labute approximate surface area is 185 Å². The van der Waals surface area contributed by atoms with Gasteiger partial charge in [-0.2, -0.15) is 0 Å². The van der Waals surface area contributed by atoms with Crippen molar-refractivity contribution in [3.8, 4) is 0 Å². The number of hydrogen-bond acceptors (Lipinski definition) is 4. The second-order valence-corrected chi connectivity index (χ2v) is 7.68. The number of rotatable bonds is 5. The second-order valence-electron chi connectivity index (χ2n) is 7.68. The highest BCUT2D eigenvalue weighted by Crippen LogP contribution is 2.22. The van der Waals surface area contributed by atoms with E-state index in [-0.39, 0.29) is 29.9 Å². The number of nitrogens with one attached hydrogen (secondary N) is 2. The van der Waals surface area contributed by atoms with Gasteiger partial charge in [0.05, 0.1) is 0 Å². The number of amides is 1. The van der Waals surface area contributed by atoms with Crippen LogP contribution in [0.1, 0.15) is 44.3 Å². The highest BCUT2D eigenvalue weighted by Gasteiger charge is 2.24. The summed E-state index contributed by atoms with van der Waals surface area (Å²) in [6, 6.07) is 0. The average Bonchev–Trinajstić information content (AvgIpc) is 3.06. The van der Waals surface area contributed by atoms with Crippen LogP contribution in [0.5, 0.6) is 0 Å². The number of aromatic nitrogens is 3. The summed E-state index contributed by atoms with van der Waals surface area (Å²) < 4.78 is 2.24. The van der Waals surface area contributed by atoms with Crippen molar-refractivity contribution in [1.29, 1.82) is 0 Å². The highest BCUT2D eigenvalue weighted by atomic mass is 127. The van der Waals surface area contributed by atoms with E-state index < -0.39 is 0 Å². The molecule has 8 nitrogen and oxygen atoms in total. The third-order valence-corrected chi connectivity index (χ3v) is 5.73. The number of fused-ring (bicyclic) bond motifs is 1. The van der Waals surface area contributed by atoms with E-state index >= 15 is 0 Å². The zero-order valence-corrected chi connectivity index (χ0v) is 19.6. The summed E-state index contributed by atoms with van der Waals surface area (Å²) in [5, 5.41) is 14.6. The van der Waals surface area contributed by atoms with Gasteiger partial charge < -0.3 is 20.1 Å². The zero-order valence-electron chi connectivity index (χ0n) is 17.3. The maximum Gasteiger partial charge on any atom is 0.220 e. The van der Waals surface area contributed by atoms with Crippen molar-refractivity contribution in [1.82, 2.24) is 30.3 Å². The Morgan fingerprint density at radius 2 is 1.96 bits per heavy atom. The third-order valence-electron chi connectivity index (χ3n) is 5.73. The minimum absolute atomic E-state index is 0. The van der Waals surface area contributed by atoms with E-state index in [4.69, 9.17) is 4.99 Å². The summed E-state index contributed by atoms with van der Waals surface area (Å²) in [4.78, 5) is 18.9. The molecule has 3 rings (SSSR count). The van der Waals surface area contributed by atoms with Gasteiger partial charge in [-0.05, 0) is 44.9 Å². The molecule has 1 saturated heterocycles. The van der Waals surface area contributed by atoms with Gasteiger partial charge >= 0.3 is 0 Å². The SMILES string of the molecule is CCNC(=NCC1CCc2nnc(C)n2C1)N1CCC(CC(=O)NC)CC1.I. The fourth-order valence-corrected chi connectivity index (χ4v) is 4.03. The number of nitrogens with zero attached hydrogens (tertiary/aromatic N) is 5. The Bertz CT molecular complexity index is 667. The van der Waals surface area contributed by atoms with E-state index in [2.05, 4.69) is 37.2 Å². The topological polar surface area (TPSA) is 87.4 Å². The summed E-state index contributed by atoms with van der Waals surface area (Å²) in [6.45, 7) is 8.73. The summed E-state index contributed by atoms with van der Waals surface area (Å²) in [6.07, 6.45) is 4.84. The molecule has 2 aliphatic heterocycles. The van der Waals surface area contributed by atoms with E-state index in [9.17, 15) is 4.79 Å². The van der Waals surface area contributed by atoms with Crippen molar-refractivity contribution in [3.05, 3.63) is 11.6 Å². The molecule has 0 aromatic carbocycles. The quantitative estimate of drug-likeness (QED) is 0.362. The summed E-state index contributed by atoms with van der Waals surface area (Å²) in [7, 11) is 1.71. The normalized spacial score (nSPS) is 20.3. The lowest BCUT2D eigenvalue weighted by Crippen LogP contribution is -2.46. The molecule has 1 aromatic rings. The molecule has 1 amide bonds. The molecule has 1 fully saturated rings. The number of likely N-dealkylation sites (tertiary alicyclic amines) is 1. The Hall–Kier alpha value is -1.39. The smallest absolute Gasteiger partial charge is 0.220 e. The molecule has 2 N–H and O–H groups in total. The maximum absolute atomic E-state index is 11.6. The molecule has 1 atom stereocenters. The number of carbonyl (C=O) groups is 1. The van der Waals surface area contributed by atoms with E-state index in [1.165, 1.54) is 0 Å². The lowest BCUT2D eigenvalue weighted by atomic mass is 9.93. The van der Waals surface area contributed by atoms with E-state index in [0.717, 1.165) is 76.0 Å². The monoisotopic (exact) mass is 503 g/mol. The summed E-state index contributed by atoms with van der Waals surface area (Å²) >= 11 is 0. The maximum atomic E-state index is 11.6. The molecule has 9 heteroatoms. The van der Waals surface area contributed by atoms with Gasteiger partial charge in [-0.15, -0.1) is 34.2 Å². The van der Waals surface area contributed by atoms with Crippen molar-refractivity contribution in [2.24, 2.45) is 16.8 Å². The minimum Gasteiger partial charge on any atom is -0.359 e. The van der Waals surface area contributed by atoms with Gasteiger partial charge in [-0.1, -0.05) is 0 Å². The van der Waals surface area contributed by atoms with Crippen molar-refractivity contribution in [3.63, 3.8) is 0 Å². The first kappa shape index (κ1) is 22.9. The van der Waals surface area contributed by atoms with Crippen LogP contribution in [0.15, 0.2) is 4.99 Å². The van der Waals surface area contributed by atoms with Gasteiger partial charge in [0.2, 0.25) is 5.91 Å². The van der Waals surface area contributed by atoms with Crippen molar-refractivity contribution >= 4 is 35.8 Å². The van der Waals surface area contributed by atoms with E-state index in [1.807, 2.05) is 6.92 Å². The molecule has 0 radical (unpaired) electrons. The number of carbonyl (C=O) groups excluding carboxylic acids is 1. The average molecular weight is 503 g/mol. The fourth-order valence-electron chi connectivity index (χ4n) is 4.03. The van der Waals surface area contributed by atoms with Gasteiger partial charge in [-0.25, -0.2) is 0 Å². The van der Waals surface area contributed by atoms with E-state index in [1.54, 1.807) is 7.05 Å². The van der Waals surface area contributed by atoms with Gasteiger partial charge in [-0.3, -0.25) is 9.79 Å². The van der Waals surface area contributed by atoms with Crippen LogP contribution in [0.25, 0.3) is 0 Å². The second kappa shape index (κ2) is 11.0. The Morgan fingerprint density at radius 3 is 2.64 bits per heavy atom. The number of halogens is 1. The third kappa shape index (κ3) is 5.81. The molecule has 1 unspecified atom stereocenters. The first-order valence-corrected chi connectivity index (χ1v) is 10.2. The molecular weight excluding hydrogens is 469 g/mol. The zero-order chi connectivity index (χ0) is 19.2. The molecule has 158 valence electrons. The highest BCUT2D eigenvalue weighted by molar-refractivity contribution is 14.0. The van der Waals surface area contributed by atoms with Crippen molar-refractivity contribution < 1.29 is 4.79 Å². The van der Waals surface area contributed by atoms with Crippen LogP contribution >= 0.6 is 24.0 Å². The largest absolute Gasteiger partial charge is 0.359 e. The fraction of sp³-hybridized carbons (Fsp3) is 0.789.